The van der Waals surface area contributed by atoms with Gasteiger partial charge in [-0.1, -0.05) is 12.1 Å². The van der Waals surface area contributed by atoms with E-state index < -0.39 is 0 Å². The minimum atomic E-state index is 0. The van der Waals surface area contributed by atoms with Gasteiger partial charge in [-0.3, -0.25) is 9.78 Å². The number of hydrogen-bond donors (Lipinski definition) is 1. The van der Waals surface area contributed by atoms with Crippen molar-refractivity contribution in [2.75, 3.05) is 24.5 Å². The Labute approximate surface area is 124 Å². The number of fused-ring (bicyclic) bond motifs is 1. The van der Waals surface area contributed by atoms with E-state index >= 15 is 0 Å². The van der Waals surface area contributed by atoms with E-state index in [9.17, 15) is 4.79 Å². The maximum absolute atomic E-state index is 11.9. The van der Waals surface area contributed by atoms with Gasteiger partial charge in [0.15, 0.2) is 0 Å². The molecular formula is C13H15Cl2N3O. The van der Waals surface area contributed by atoms with E-state index in [4.69, 9.17) is 0 Å². The molecule has 4 nitrogen and oxygen atoms in total. The summed E-state index contributed by atoms with van der Waals surface area (Å²) in [4.78, 5) is 17.8. The van der Waals surface area contributed by atoms with Crippen LogP contribution >= 0.6 is 24.8 Å². The second-order valence-electron chi connectivity index (χ2n) is 4.10. The lowest BCUT2D eigenvalue weighted by Crippen LogP contribution is -2.48. The fraction of sp³-hybridized carbons (Fsp3) is 0.231. The molecular weight excluding hydrogens is 285 g/mol. The summed E-state index contributed by atoms with van der Waals surface area (Å²) in [5, 5.41) is 5.23. The minimum absolute atomic E-state index is 0. The summed E-state index contributed by atoms with van der Waals surface area (Å²) in [6.45, 7) is 1.98. The summed E-state index contributed by atoms with van der Waals surface area (Å²) in [6, 6.07) is 7.93. The molecule has 19 heavy (non-hydrogen) atoms. The van der Waals surface area contributed by atoms with Gasteiger partial charge in [0.05, 0.1) is 12.2 Å². The minimum Gasteiger partial charge on any atom is -0.309 e. The van der Waals surface area contributed by atoms with Crippen LogP contribution in [-0.4, -0.2) is 30.5 Å². The molecule has 0 radical (unpaired) electrons. The zero-order valence-corrected chi connectivity index (χ0v) is 11.8. The molecule has 1 fully saturated rings. The predicted molar refractivity (Wildman–Crippen MR) is 81.5 cm³/mol. The van der Waals surface area contributed by atoms with Crippen molar-refractivity contribution in [1.82, 2.24) is 10.3 Å². The van der Waals surface area contributed by atoms with Crippen molar-refractivity contribution in [3.05, 3.63) is 36.7 Å². The SMILES string of the molecule is Cl.Cl.O=C1CNCCN1c1cccc2cnccc12. The van der Waals surface area contributed by atoms with Crippen LogP contribution in [0.5, 0.6) is 0 Å². The summed E-state index contributed by atoms with van der Waals surface area (Å²) in [5.41, 5.74) is 0.983. The van der Waals surface area contributed by atoms with Gasteiger partial charge in [0, 0.05) is 36.3 Å². The number of rotatable bonds is 1. The lowest BCUT2D eigenvalue weighted by Gasteiger charge is -2.28. The van der Waals surface area contributed by atoms with Gasteiger partial charge in [-0.05, 0) is 12.1 Å². The average Bonchev–Trinajstić information content (AvgIpc) is 2.39. The maximum atomic E-state index is 11.9. The Kier molecular flexibility index (Phi) is 5.54. The van der Waals surface area contributed by atoms with Gasteiger partial charge in [-0.2, -0.15) is 0 Å². The fourth-order valence-corrected chi connectivity index (χ4v) is 2.20. The Hall–Kier alpha value is -1.36. The summed E-state index contributed by atoms with van der Waals surface area (Å²) in [5.74, 6) is 0.126. The van der Waals surface area contributed by atoms with Crippen LogP contribution in [0.2, 0.25) is 0 Å². The van der Waals surface area contributed by atoms with Gasteiger partial charge < -0.3 is 10.2 Å². The van der Waals surface area contributed by atoms with E-state index in [0.717, 1.165) is 29.5 Å². The largest absolute Gasteiger partial charge is 0.309 e. The van der Waals surface area contributed by atoms with E-state index in [2.05, 4.69) is 10.3 Å². The monoisotopic (exact) mass is 299 g/mol. The first-order valence-electron chi connectivity index (χ1n) is 5.70. The molecule has 1 aromatic carbocycles. The van der Waals surface area contributed by atoms with E-state index in [1.165, 1.54) is 0 Å². The Morgan fingerprint density at radius 2 is 2.05 bits per heavy atom. The van der Waals surface area contributed by atoms with Crippen LogP contribution in [0, 0.1) is 0 Å². The highest BCUT2D eigenvalue weighted by Crippen LogP contribution is 2.26. The molecule has 0 unspecified atom stereocenters. The van der Waals surface area contributed by atoms with Gasteiger partial charge in [-0.15, -0.1) is 24.8 Å². The van der Waals surface area contributed by atoms with E-state index in [1.54, 1.807) is 6.20 Å². The van der Waals surface area contributed by atoms with Crippen molar-refractivity contribution in [2.24, 2.45) is 0 Å². The molecule has 2 heterocycles. The van der Waals surface area contributed by atoms with E-state index in [-0.39, 0.29) is 30.7 Å². The lowest BCUT2D eigenvalue weighted by atomic mass is 10.1. The summed E-state index contributed by atoms with van der Waals surface area (Å²) < 4.78 is 0. The molecule has 2 aromatic rings. The standard InChI is InChI=1S/C13H13N3O.2ClH/c17-13-9-15-6-7-16(13)12-3-1-2-10-8-14-5-4-11(10)12;;/h1-5,8,15H,6-7,9H2;2*1H. The molecule has 1 amide bonds. The number of aromatic nitrogens is 1. The molecule has 1 N–H and O–H groups in total. The Morgan fingerprint density at radius 1 is 1.21 bits per heavy atom. The predicted octanol–water partition coefficient (Wildman–Crippen LogP) is 2.01. The third-order valence-corrected chi connectivity index (χ3v) is 3.04. The number of halogens is 2. The van der Waals surface area contributed by atoms with Crippen LogP contribution in [-0.2, 0) is 4.79 Å². The van der Waals surface area contributed by atoms with E-state index in [1.807, 2.05) is 35.4 Å². The van der Waals surface area contributed by atoms with Gasteiger partial charge >= 0.3 is 0 Å². The number of carbonyl (C=O) groups excluding carboxylic acids is 1. The first-order valence-corrected chi connectivity index (χ1v) is 5.70. The fourth-order valence-electron chi connectivity index (χ4n) is 2.20. The second-order valence-corrected chi connectivity index (χ2v) is 4.10. The first kappa shape index (κ1) is 15.7. The number of nitrogens with one attached hydrogen (secondary N) is 1. The number of piperazine rings is 1. The smallest absolute Gasteiger partial charge is 0.241 e. The molecule has 0 spiro atoms. The lowest BCUT2D eigenvalue weighted by molar-refractivity contribution is -0.118. The number of hydrogen-bond acceptors (Lipinski definition) is 3. The maximum Gasteiger partial charge on any atom is 0.241 e. The van der Waals surface area contributed by atoms with Gasteiger partial charge in [0.25, 0.3) is 0 Å². The third-order valence-electron chi connectivity index (χ3n) is 3.04. The van der Waals surface area contributed by atoms with Gasteiger partial charge in [0.1, 0.15) is 0 Å². The van der Waals surface area contributed by atoms with Gasteiger partial charge in [-0.25, -0.2) is 0 Å². The molecule has 102 valence electrons. The summed E-state index contributed by atoms with van der Waals surface area (Å²) in [7, 11) is 0. The van der Waals surface area contributed by atoms with Crippen LogP contribution in [0.3, 0.4) is 0 Å². The third kappa shape index (κ3) is 2.97. The van der Waals surface area contributed by atoms with E-state index in [0.29, 0.717) is 6.54 Å². The Morgan fingerprint density at radius 3 is 2.84 bits per heavy atom. The molecule has 1 aliphatic rings. The van der Waals surface area contributed by atoms with Crippen LogP contribution in [0.4, 0.5) is 5.69 Å². The first-order chi connectivity index (χ1) is 8.36. The number of anilines is 1. The molecule has 0 saturated carbocycles. The quantitative estimate of drug-likeness (QED) is 0.876. The van der Waals surface area contributed by atoms with Crippen LogP contribution in [0.15, 0.2) is 36.7 Å². The number of pyridine rings is 1. The second kappa shape index (κ2) is 6.70. The average molecular weight is 300 g/mol. The molecule has 0 atom stereocenters. The molecule has 0 aliphatic carbocycles. The van der Waals surface area contributed by atoms with Crippen molar-refractivity contribution in [3.63, 3.8) is 0 Å². The molecule has 6 heteroatoms. The summed E-state index contributed by atoms with van der Waals surface area (Å²) >= 11 is 0. The highest BCUT2D eigenvalue weighted by Gasteiger charge is 2.20. The van der Waals surface area contributed by atoms with Gasteiger partial charge in [0.2, 0.25) is 5.91 Å². The number of carbonyl (C=O) groups is 1. The Bertz CT molecular complexity index is 571. The van der Waals surface area contributed by atoms with Crippen LogP contribution < -0.4 is 10.2 Å². The molecule has 1 aliphatic heterocycles. The molecule has 1 aromatic heterocycles. The van der Waals surface area contributed by atoms with Crippen molar-refractivity contribution in [3.8, 4) is 0 Å². The topological polar surface area (TPSA) is 45.2 Å². The van der Waals surface area contributed by atoms with Crippen molar-refractivity contribution in [2.45, 2.75) is 0 Å². The Balaban J connectivity index is 0.000000902. The zero-order chi connectivity index (χ0) is 11.7. The van der Waals surface area contributed by atoms with Crippen molar-refractivity contribution in [1.29, 1.82) is 0 Å². The number of benzene rings is 1. The van der Waals surface area contributed by atoms with Crippen molar-refractivity contribution < 1.29 is 4.79 Å². The number of nitrogens with zero attached hydrogens (tertiary/aromatic N) is 2. The summed E-state index contributed by atoms with van der Waals surface area (Å²) in [6.07, 6.45) is 3.59. The number of amides is 1. The molecule has 3 rings (SSSR count). The zero-order valence-electron chi connectivity index (χ0n) is 10.2. The normalized spacial score (nSPS) is 14.7. The highest BCUT2D eigenvalue weighted by atomic mass is 35.5. The van der Waals surface area contributed by atoms with Crippen LogP contribution in [0.1, 0.15) is 0 Å². The molecule has 0 bridgehead atoms. The van der Waals surface area contributed by atoms with Crippen LogP contribution in [0.25, 0.3) is 10.8 Å². The molecule has 1 saturated heterocycles. The highest BCUT2D eigenvalue weighted by molar-refractivity contribution is 6.04. The van der Waals surface area contributed by atoms with Crippen molar-refractivity contribution >= 4 is 47.2 Å².